The van der Waals surface area contributed by atoms with E-state index in [0.717, 1.165) is 0 Å². The third-order valence-electron chi connectivity index (χ3n) is 1.89. The third kappa shape index (κ3) is 8.70. The van der Waals surface area contributed by atoms with Gasteiger partial charge in [0.2, 0.25) is 0 Å². The van der Waals surface area contributed by atoms with E-state index in [1.165, 1.54) is 4.90 Å². The Morgan fingerprint density at radius 1 is 1.35 bits per heavy atom. The maximum Gasteiger partial charge on any atom is 0.316 e. The van der Waals surface area contributed by atoms with Crippen LogP contribution in [0.1, 0.15) is 6.92 Å². The van der Waals surface area contributed by atoms with Gasteiger partial charge in [0.15, 0.2) is 5.11 Å². The standard InChI is InChI=1S/C10H22N4O2S/c1-8(7-16-4)13-9(17)11-5-6-12-10(15)14(2)3/h8H,5-7H2,1-4H3,(H,12,15)(H2,11,13,17). The van der Waals surface area contributed by atoms with Crippen molar-refractivity contribution in [1.29, 1.82) is 0 Å². The highest BCUT2D eigenvalue weighted by Crippen LogP contribution is 1.82. The lowest BCUT2D eigenvalue weighted by molar-refractivity contribution is 0.179. The summed E-state index contributed by atoms with van der Waals surface area (Å²) in [6.07, 6.45) is 0. The van der Waals surface area contributed by atoms with E-state index in [1.54, 1.807) is 21.2 Å². The van der Waals surface area contributed by atoms with Gasteiger partial charge < -0.3 is 25.6 Å². The molecule has 0 aliphatic heterocycles. The fraction of sp³-hybridized carbons (Fsp3) is 0.800. The quantitative estimate of drug-likeness (QED) is 0.455. The van der Waals surface area contributed by atoms with Gasteiger partial charge >= 0.3 is 6.03 Å². The summed E-state index contributed by atoms with van der Waals surface area (Å²) in [5.74, 6) is 0. The Bertz CT molecular complexity index is 248. The minimum atomic E-state index is -0.113. The molecule has 0 saturated heterocycles. The molecule has 6 nitrogen and oxygen atoms in total. The first-order valence-electron chi connectivity index (χ1n) is 5.45. The van der Waals surface area contributed by atoms with Crippen LogP contribution >= 0.6 is 12.2 Å². The van der Waals surface area contributed by atoms with Gasteiger partial charge in [0, 0.05) is 40.3 Å². The molecule has 17 heavy (non-hydrogen) atoms. The molecule has 0 aromatic heterocycles. The second kappa shape index (κ2) is 9.00. The number of carbonyl (C=O) groups excluding carboxylic acids is 1. The molecule has 0 rings (SSSR count). The fourth-order valence-corrected chi connectivity index (χ4v) is 1.37. The average Bonchev–Trinajstić information content (AvgIpc) is 2.24. The molecule has 1 atom stereocenters. The minimum Gasteiger partial charge on any atom is -0.383 e. The minimum absolute atomic E-state index is 0.113. The van der Waals surface area contributed by atoms with Crippen LogP contribution in [0.5, 0.6) is 0 Å². The van der Waals surface area contributed by atoms with Crippen molar-refractivity contribution in [2.24, 2.45) is 0 Å². The van der Waals surface area contributed by atoms with Crippen molar-refractivity contribution in [3.05, 3.63) is 0 Å². The smallest absolute Gasteiger partial charge is 0.316 e. The van der Waals surface area contributed by atoms with Crippen molar-refractivity contribution in [3.8, 4) is 0 Å². The second-order valence-electron chi connectivity index (χ2n) is 3.88. The van der Waals surface area contributed by atoms with Crippen LogP contribution in [-0.2, 0) is 4.74 Å². The summed E-state index contributed by atoms with van der Waals surface area (Å²) in [7, 11) is 5.04. The predicted octanol–water partition coefficient (Wildman–Crippen LogP) is -0.243. The van der Waals surface area contributed by atoms with Crippen LogP contribution in [0, 0.1) is 0 Å². The molecule has 0 aliphatic carbocycles. The highest BCUT2D eigenvalue weighted by Gasteiger charge is 2.03. The van der Waals surface area contributed by atoms with Crippen LogP contribution in [0.3, 0.4) is 0 Å². The number of nitrogens with zero attached hydrogens (tertiary/aromatic N) is 1. The molecule has 0 heterocycles. The number of thiocarbonyl (C=S) groups is 1. The molecule has 0 fully saturated rings. The lowest BCUT2D eigenvalue weighted by Gasteiger charge is -2.17. The van der Waals surface area contributed by atoms with E-state index >= 15 is 0 Å². The number of urea groups is 1. The van der Waals surface area contributed by atoms with E-state index in [9.17, 15) is 4.79 Å². The second-order valence-corrected chi connectivity index (χ2v) is 4.29. The number of carbonyl (C=O) groups is 1. The summed E-state index contributed by atoms with van der Waals surface area (Å²) in [6, 6.07) is 0.0507. The summed E-state index contributed by atoms with van der Waals surface area (Å²) in [5, 5.41) is 9.35. The fourth-order valence-electron chi connectivity index (χ4n) is 1.07. The Hall–Kier alpha value is -1.08. The van der Waals surface area contributed by atoms with Crippen molar-refractivity contribution in [2.45, 2.75) is 13.0 Å². The number of nitrogens with one attached hydrogen (secondary N) is 3. The van der Waals surface area contributed by atoms with Crippen LogP contribution in [-0.4, -0.2) is 63.0 Å². The maximum absolute atomic E-state index is 11.2. The molecule has 3 N–H and O–H groups in total. The molecule has 0 aliphatic rings. The molecule has 0 saturated carbocycles. The molecular formula is C10H22N4O2S. The monoisotopic (exact) mass is 262 g/mol. The summed E-state index contributed by atoms with van der Waals surface area (Å²) in [6.45, 7) is 3.69. The number of ether oxygens (including phenoxy) is 1. The van der Waals surface area contributed by atoms with Crippen molar-refractivity contribution >= 4 is 23.4 Å². The maximum atomic E-state index is 11.2. The lowest BCUT2D eigenvalue weighted by Crippen LogP contribution is -2.45. The molecule has 0 radical (unpaired) electrons. The SMILES string of the molecule is COCC(C)NC(=S)NCCNC(=O)N(C)C. The molecule has 100 valence electrons. The van der Waals surface area contributed by atoms with E-state index in [2.05, 4.69) is 16.0 Å². The van der Waals surface area contributed by atoms with Gasteiger partial charge in [-0.15, -0.1) is 0 Å². The molecule has 2 amide bonds. The molecule has 0 bridgehead atoms. The first-order chi connectivity index (χ1) is 7.97. The summed E-state index contributed by atoms with van der Waals surface area (Å²) in [4.78, 5) is 12.7. The van der Waals surface area contributed by atoms with Crippen molar-refractivity contribution in [1.82, 2.24) is 20.9 Å². The van der Waals surface area contributed by atoms with Crippen LogP contribution in [0.4, 0.5) is 4.79 Å². The van der Waals surface area contributed by atoms with E-state index < -0.39 is 0 Å². The lowest BCUT2D eigenvalue weighted by atomic mass is 10.4. The highest BCUT2D eigenvalue weighted by molar-refractivity contribution is 7.80. The summed E-state index contributed by atoms with van der Waals surface area (Å²) >= 11 is 5.07. The van der Waals surface area contributed by atoms with Gasteiger partial charge in [-0.05, 0) is 19.1 Å². The molecule has 0 spiro atoms. The van der Waals surface area contributed by atoms with Crippen LogP contribution < -0.4 is 16.0 Å². The Balaban J connectivity index is 3.55. The molecular weight excluding hydrogens is 240 g/mol. The Kier molecular flexibility index (Phi) is 8.43. The van der Waals surface area contributed by atoms with Gasteiger partial charge in [-0.2, -0.15) is 0 Å². The number of amides is 2. The number of hydrogen-bond acceptors (Lipinski definition) is 3. The Morgan fingerprint density at radius 2 is 1.94 bits per heavy atom. The predicted molar refractivity (Wildman–Crippen MR) is 72.2 cm³/mol. The molecule has 0 aromatic carbocycles. The van der Waals surface area contributed by atoms with Gasteiger partial charge in [-0.25, -0.2) is 4.79 Å². The first kappa shape index (κ1) is 15.9. The van der Waals surface area contributed by atoms with Gasteiger partial charge in [0.05, 0.1) is 6.61 Å². The number of rotatable bonds is 6. The summed E-state index contributed by atoms with van der Waals surface area (Å²) < 4.78 is 4.98. The normalized spacial score (nSPS) is 11.5. The van der Waals surface area contributed by atoms with Crippen molar-refractivity contribution in [2.75, 3.05) is 40.9 Å². The van der Waals surface area contributed by atoms with Crippen molar-refractivity contribution < 1.29 is 9.53 Å². The topological polar surface area (TPSA) is 65.6 Å². The van der Waals surface area contributed by atoms with E-state index in [1.807, 2.05) is 6.92 Å². The average molecular weight is 262 g/mol. The Morgan fingerprint density at radius 3 is 2.47 bits per heavy atom. The largest absolute Gasteiger partial charge is 0.383 e. The van der Waals surface area contributed by atoms with Gasteiger partial charge in [0.1, 0.15) is 0 Å². The van der Waals surface area contributed by atoms with E-state index in [0.29, 0.717) is 24.8 Å². The molecule has 0 aromatic rings. The molecule has 1 unspecified atom stereocenters. The number of hydrogen-bond donors (Lipinski definition) is 3. The van der Waals surface area contributed by atoms with Crippen molar-refractivity contribution in [3.63, 3.8) is 0 Å². The zero-order valence-corrected chi connectivity index (χ0v) is 11.7. The van der Waals surface area contributed by atoms with Gasteiger partial charge in [0.25, 0.3) is 0 Å². The van der Waals surface area contributed by atoms with Crippen LogP contribution in [0.2, 0.25) is 0 Å². The van der Waals surface area contributed by atoms with E-state index in [-0.39, 0.29) is 12.1 Å². The molecule has 7 heteroatoms. The summed E-state index contributed by atoms with van der Waals surface area (Å²) in [5.41, 5.74) is 0. The zero-order valence-electron chi connectivity index (χ0n) is 10.9. The Labute approximate surface area is 108 Å². The van der Waals surface area contributed by atoms with Crippen LogP contribution in [0.15, 0.2) is 0 Å². The zero-order chi connectivity index (χ0) is 13.3. The third-order valence-corrected chi connectivity index (χ3v) is 2.15. The number of methoxy groups -OCH3 is 1. The van der Waals surface area contributed by atoms with Gasteiger partial charge in [-0.1, -0.05) is 0 Å². The highest BCUT2D eigenvalue weighted by atomic mass is 32.1. The van der Waals surface area contributed by atoms with Crippen LogP contribution in [0.25, 0.3) is 0 Å². The first-order valence-corrected chi connectivity index (χ1v) is 5.86. The van der Waals surface area contributed by atoms with Gasteiger partial charge in [-0.3, -0.25) is 0 Å². The van der Waals surface area contributed by atoms with E-state index in [4.69, 9.17) is 17.0 Å².